The molecule has 3 heterocycles. The van der Waals surface area contributed by atoms with Gasteiger partial charge in [0.15, 0.2) is 0 Å². The number of rotatable bonds is 4. The van der Waals surface area contributed by atoms with Crippen molar-refractivity contribution < 1.29 is 9.53 Å². The Hall–Kier alpha value is -1.53. The molecule has 2 aliphatic rings. The number of amides is 1. The molecule has 3 rings (SSSR count). The van der Waals surface area contributed by atoms with E-state index >= 15 is 0 Å². The summed E-state index contributed by atoms with van der Waals surface area (Å²) in [4.78, 5) is 25.7. The zero-order valence-corrected chi connectivity index (χ0v) is 14.6. The average Bonchev–Trinajstić information content (AvgIpc) is 2.83. The van der Waals surface area contributed by atoms with Crippen molar-refractivity contribution in [3.63, 3.8) is 0 Å². The zero-order chi connectivity index (χ0) is 16.8. The summed E-state index contributed by atoms with van der Waals surface area (Å²) in [5, 5.41) is 0. The largest absolute Gasteiger partial charge is 0.381 e. The van der Waals surface area contributed by atoms with E-state index < -0.39 is 0 Å². The summed E-state index contributed by atoms with van der Waals surface area (Å²) >= 11 is 0. The normalized spacial score (nSPS) is 23.0. The van der Waals surface area contributed by atoms with Crippen molar-refractivity contribution >= 4 is 5.91 Å². The minimum atomic E-state index is 0.294. The summed E-state index contributed by atoms with van der Waals surface area (Å²) < 4.78 is 5.49. The molecule has 1 aromatic rings. The van der Waals surface area contributed by atoms with E-state index in [0.29, 0.717) is 18.2 Å². The van der Waals surface area contributed by atoms with Crippen LogP contribution in [0.15, 0.2) is 12.4 Å². The van der Waals surface area contributed by atoms with Gasteiger partial charge in [0.25, 0.3) is 0 Å². The molecule has 1 atom stereocenters. The molecule has 0 spiro atoms. The Morgan fingerprint density at radius 3 is 2.88 bits per heavy atom. The molecule has 0 bridgehead atoms. The maximum atomic E-state index is 12.6. The number of hydrogen-bond acceptors (Lipinski definition) is 5. The Bertz CT molecular complexity index is 528. The molecule has 2 aliphatic heterocycles. The van der Waals surface area contributed by atoms with Crippen LogP contribution in [0, 0.1) is 12.8 Å². The lowest BCUT2D eigenvalue weighted by Crippen LogP contribution is -2.37. The van der Waals surface area contributed by atoms with Gasteiger partial charge in [0.05, 0.1) is 11.4 Å². The van der Waals surface area contributed by atoms with Gasteiger partial charge < -0.3 is 9.64 Å². The van der Waals surface area contributed by atoms with Crippen molar-refractivity contribution in [2.24, 2.45) is 5.92 Å². The van der Waals surface area contributed by atoms with Crippen LogP contribution < -0.4 is 0 Å². The predicted octanol–water partition coefficient (Wildman–Crippen LogP) is 1.64. The van der Waals surface area contributed by atoms with Crippen molar-refractivity contribution in [2.75, 3.05) is 39.4 Å². The minimum Gasteiger partial charge on any atom is -0.381 e. The molecule has 0 aliphatic carbocycles. The second-order valence-corrected chi connectivity index (χ2v) is 6.95. The van der Waals surface area contributed by atoms with Gasteiger partial charge in [0.1, 0.15) is 0 Å². The van der Waals surface area contributed by atoms with Crippen LogP contribution in [0.1, 0.15) is 37.1 Å². The van der Waals surface area contributed by atoms with Crippen LogP contribution in [0.3, 0.4) is 0 Å². The van der Waals surface area contributed by atoms with E-state index in [2.05, 4.69) is 14.9 Å². The Labute approximate surface area is 144 Å². The third kappa shape index (κ3) is 4.98. The third-order valence-corrected chi connectivity index (χ3v) is 4.88. The van der Waals surface area contributed by atoms with Crippen molar-refractivity contribution in [1.29, 1.82) is 0 Å². The molecule has 0 aromatic carbocycles. The Kier molecular flexibility index (Phi) is 6.15. The number of hydrogen-bond donors (Lipinski definition) is 0. The minimum absolute atomic E-state index is 0.294. The standard InChI is InChI=1S/C18H28N4O2/c1-15-11-20-17(12-19-15)13-21-5-3-6-22(8-7-21)18(23)10-16-4-2-9-24-14-16/h11-12,16H,2-10,13-14H2,1H3. The lowest BCUT2D eigenvalue weighted by atomic mass is 9.98. The first-order chi connectivity index (χ1) is 11.7. The van der Waals surface area contributed by atoms with Crippen LogP contribution in [0.2, 0.25) is 0 Å². The molecule has 6 nitrogen and oxygen atoms in total. The van der Waals surface area contributed by atoms with Crippen LogP contribution in [-0.2, 0) is 16.1 Å². The van der Waals surface area contributed by atoms with Crippen LogP contribution in [-0.4, -0.2) is 65.1 Å². The van der Waals surface area contributed by atoms with E-state index in [-0.39, 0.29) is 0 Å². The van der Waals surface area contributed by atoms with Gasteiger partial charge in [0, 0.05) is 64.8 Å². The first-order valence-corrected chi connectivity index (χ1v) is 9.06. The van der Waals surface area contributed by atoms with Gasteiger partial charge >= 0.3 is 0 Å². The zero-order valence-electron chi connectivity index (χ0n) is 14.6. The highest BCUT2D eigenvalue weighted by Crippen LogP contribution is 2.19. The molecule has 0 N–H and O–H groups in total. The number of aromatic nitrogens is 2. The van der Waals surface area contributed by atoms with Gasteiger partial charge in [-0.3, -0.25) is 19.7 Å². The van der Waals surface area contributed by atoms with E-state index in [0.717, 1.165) is 76.6 Å². The summed E-state index contributed by atoms with van der Waals surface area (Å²) in [6, 6.07) is 0. The fourth-order valence-electron chi connectivity index (χ4n) is 3.45. The number of carbonyl (C=O) groups excluding carboxylic acids is 1. The number of carbonyl (C=O) groups is 1. The molecule has 1 unspecified atom stereocenters. The van der Waals surface area contributed by atoms with Crippen LogP contribution >= 0.6 is 0 Å². The SMILES string of the molecule is Cc1cnc(CN2CCCN(C(=O)CC3CCCOC3)CC2)cn1. The summed E-state index contributed by atoms with van der Waals surface area (Å²) in [5.74, 6) is 0.705. The monoisotopic (exact) mass is 332 g/mol. The lowest BCUT2D eigenvalue weighted by molar-refractivity contribution is -0.133. The lowest BCUT2D eigenvalue weighted by Gasteiger charge is -2.26. The maximum absolute atomic E-state index is 12.6. The van der Waals surface area contributed by atoms with Crippen molar-refractivity contribution in [3.05, 3.63) is 23.8 Å². The van der Waals surface area contributed by atoms with Gasteiger partial charge in [-0.2, -0.15) is 0 Å². The van der Waals surface area contributed by atoms with Gasteiger partial charge in [0.2, 0.25) is 5.91 Å². The summed E-state index contributed by atoms with van der Waals surface area (Å²) in [5.41, 5.74) is 1.94. The molecule has 24 heavy (non-hydrogen) atoms. The molecule has 6 heteroatoms. The number of ether oxygens (including phenoxy) is 1. The highest BCUT2D eigenvalue weighted by atomic mass is 16.5. The van der Waals surface area contributed by atoms with E-state index in [1.807, 2.05) is 24.2 Å². The molecular formula is C18H28N4O2. The van der Waals surface area contributed by atoms with Gasteiger partial charge in [-0.1, -0.05) is 0 Å². The Morgan fingerprint density at radius 1 is 1.21 bits per heavy atom. The number of nitrogens with zero attached hydrogens (tertiary/aromatic N) is 4. The Balaban J connectivity index is 1.47. The molecule has 132 valence electrons. The summed E-state index contributed by atoms with van der Waals surface area (Å²) in [7, 11) is 0. The highest BCUT2D eigenvalue weighted by Gasteiger charge is 2.23. The maximum Gasteiger partial charge on any atom is 0.222 e. The quantitative estimate of drug-likeness (QED) is 0.839. The first-order valence-electron chi connectivity index (χ1n) is 9.06. The third-order valence-electron chi connectivity index (χ3n) is 4.88. The summed E-state index contributed by atoms with van der Waals surface area (Å²) in [6.45, 7) is 7.95. The van der Waals surface area contributed by atoms with Crippen LogP contribution in [0.5, 0.6) is 0 Å². The first kappa shape index (κ1) is 17.3. The van der Waals surface area contributed by atoms with Crippen molar-refractivity contribution in [3.8, 4) is 0 Å². The van der Waals surface area contributed by atoms with Crippen LogP contribution in [0.25, 0.3) is 0 Å². The molecular weight excluding hydrogens is 304 g/mol. The Morgan fingerprint density at radius 2 is 2.12 bits per heavy atom. The molecule has 2 saturated heterocycles. The van der Waals surface area contributed by atoms with Crippen molar-refractivity contribution in [2.45, 2.75) is 39.2 Å². The molecule has 0 radical (unpaired) electrons. The van der Waals surface area contributed by atoms with Gasteiger partial charge in [-0.15, -0.1) is 0 Å². The average molecular weight is 332 g/mol. The molecule has 2 fully saturated rings. The fraction of sp³-hybridized carbons (Fsp3) is 0.722. The van der Waals surface area contributed by atoms with E-state index in [9.17, 15) is 4.79 Å². The van der Waals surface area contributed by atoms with Gasteiger partial charge in [-0.05, 0) is 32.1 Å². The second kappa shape index (κ2) is 8.53. The number of aryl methyl sites for hydroxylation is 1. The second-order valence-electron chi connectivity index (χ2n) is 6.95. The molecule has 0 saturated carbocycles. The highest BCUT2D eigenvalue weighted by molar-refractivity contribution is 5.76. The summed E-state index contributed by atoms with van der Waals surface area (Å²) in [6.07, 6.45) is 7.54. The smallest absolute Gasteiger partial charge is 0.222 e. The van der Waals surface area contributed by atoms with E-state index in [1.54, 1.807) is 0 Å². The van der Waals surface area contributed by atoms with Crippen molar-refractivity contribution in [1.82, 2.24) is 19.8 Å². The van der Waals surface area contributed by atoms with Crippen LogP contribution in [0.4, 0.5) is 0 Å². The van der Waals surface area contributed by atoms with E-state index in [4.69, 9.17) is 4.74 Å². The molecule has 1 amide bonds. The predicted molar refractivity (Wildman–Crippen MR) is 91.4 cm³/mol. The topological polar surface area (TPSA) is 58.6 Å². The van der Waals surface area contributed by atoms with E-state index in [1.165, 1.54) is 0 Å². The molecule has 1 aromatic heterocycles. The van der Waals surface area contributed by atoms with Gasteiger partial charge in [-0.25, -0.2) is 0 Å². The fourth-order valence-corrected chi connectivity index (χ4v) is 3.45.